The highest BCUT2D eigenvalue weighted by Crippen LogP contribution is 2.35. The minimum Gasteiger partial charge on any atom is -0.479 e. The fourth-order valence-corrected chi connectivity index (χ4v) is 4.86. The molecule has 0 bridgehead atoms. The highest BCUT2D eigenvalue weighted by Gasteiger charge is 2.57. The SMILES string of the molecule is O=C(O)[C@H]1OC(O[C@H]2C(Oc3ccc([N+](=O)[O-])cc3)O[C@H](C(=O)O)[C@@H](O)[C@@H]2OC2O[C@H](CO)[C@@H](O)[C@H](O)[C@H]2O)[C@H](O)[C@@H](O)[C@@H]1O. The molecule has 3 aliphatic heterocycles. The number of ether oxygens (including phenoxy) is 6. The van der Waals surface area contributed by atoms with Crippen molar-refractivity contribution in [1.29, 1.82) is 0 Å². The Labute approximate surface area is 251 Å². The van der Waals surface area contributed by atoms with Gasteiger partial charge in [0, 0.05) is 12.1 Å². The minimum atomic E-state index is -2.26. The number of aliphatic carboxylic acids is 2. The van der Waals surface area contributed by atoms with Crippen molar-refractivity contribution in [1.82, 2.24) is 0 Å². The molecule has 0 aliphatic carbocycles. The van der Waals surface area contributed by atoms with E-state index in [9.17, 15) is 70.8 Å². The van der Waals surface area contributed by atoms with E-state index in [1.165, 1.54) is 0 Å². The Bertz CT molecular complexity index is 1200. The Kier molecular flexibility index (Phi) is 10.9. The van der Waals surface area contributed by atoms with Crippen molar-refractivity contribution >= 4 is 17.6 Å². The van der Waals surface area contributed by atoms with Gasteiger partial charge in [-0.25, -0.2) is 9.59 Å². The summed E-state index contributed by atoms with van der Waals surface area (Å²) in [7, 11) is 0. The maximum atomic E-state index is 12.0. The Hall–Kier alpha value is -3.16. The predicted molar refractivity (Wildman–Crippen MR) is 134 cm³/mol. The van der Waals surface area contributed by atoms with Crippen molar-refractivity contribution in [2.75, 3.05) is 6.61 Å². The number of aliphatic hydroxyl groups excluding tert-OH is 8. The summed E-state index contributed by atoms with van der Waals surface area (Å²) in [4.78, 5) is 34.0. The van der Waals surface area contributed by atoms with Gasteiger partial charge in [0.25, 0.3) is 5.69 Å². The molecular weight excluding hydrogens is 622 g/mol. The van der Waals surface area contributed by atoms with Crippen LogP contribution in [0, 0.1) is 10.1 Å². The minimum absolute atomic E-state index is 0.213. The number of benzene rings is 1. The molecule has 3 saturated heterocycles. The number of nitrogens with zero attached hydrogens (tertiary/aromatic N) is 1. The van der Waals surface area contributed by atoms with Gasteiger partial charge in [-0.1, -0.05) is 0 Å². The lowest BCUT2D eigenvalue weighted by atomic mass is 9.95. The first kappa shape index (κ1) is 34.7. The van der Waals surface area contributed by atoms with Crippen molar-refractivity contribution in [3.63, 3.8) is 0 Å². The van der Waals surface area contributed by atoms with E-state index in [2.05, 4.69) is 0 Å². The smallest absolute Gasteiger partial charge is 0.335 e. The fraction of sp³-hybridized carbons (Fsp3) is 0.667. The number of non-ortho nitro benzene ring substituents is 1. The standard InChI is InChI=1S/C24H31NO20/c26-5-8-9(27)10(28)13(31)22(41-8)42-16-15(33)18(21(36)37)44-24(40-7-3-1-6(2-4-7)25(38)39)19(16)45-23-14(32)11(29)12(30)17(43-23)20(34)35/h1-4,8-19,22-24,26-33H,5H2,(H,34,35)(H,36,37)/t8-,9-,10+,11+,12+,13-,14-,15+,16+,17+,18+,19-,22?,23?,24?/m1/s1. The lowest BCUT2D eigenvalue weighted by Gasteiger charge is -2.48. The first-order valence-corrected chi connectivity index (χ1v) is 13.2. The molecule has 0 amide bonds. The molecule has 4 rings (SSSR count). The molecule has 3 aliphatic rings. The third-order valence-corrected chi connectivity index (χ3v) is 7.31. The summed E-state index contributed by atoms with van der Waals surface area (Å²) in [5.74, 6) is -3.80. The Morgan fingerprint density at radius 1 is 0.689 bits per heavy atom. The quantitative estimate of drug-likeness (QED) is 0.0831. The number of nitro groups is 1. The van der Waals surface area contributed by atoms with Gasteiger partial charge < -0.3 is 79.5 Å². The second-order valence-electron chi connectivity index (χ2n) is 10.3. The molecule has 0 spiro atoms. The van der Waals surface area contributed by atoms with Crippen molar-refractivity contribution in [2.24, 2.45) is 0 Å². The number of hydrogen-bond donors (Lipinski definition) is 10. The first-order chi connectivity index (χ1) is 21.2. The normalized spacial score (nSPS) is 42.1. The number of carboxylic acid groups (broad SMARTS) is 2. The molecule has 3 unspecified atom stereocenters. The molecule has 1 aromatic carbocycles. The van der Waals surface area contributed by atoms with Gasteiger partial charge in [0.15, 0.2) is 30.9 Å². The molecule has 3 fully saturated rings. The summed E-state index contributed by atoms with van der Waals surface area (Å²) in [6, 6.07) is 4.14. The zero-order valence-electron chi connectivity index (χ0n) is 22.7. The highest BCUT2D eigenvalue weighted by atomic mass is 16.8. The summed E-state index contributed by atoms with van der Waals surface area (Å²) in [5, 5.41) is 112. The van der Waals surface area contributed by atoms with Crippen LogP contribution in [0.5, 0.6) is 5.75 Å². The number of rotatable bonds is 10. The third-order valence-electron chi connectivity index (χ3n) is 7.31. The summed E-state index contributed by atoms with van der Waals surface area (Å²) in [6.45, 7) is -0.899. The Morgan fingerprint density at radius 3 is 1.71 bits per heavy atom. The number of hydrogen-bond acceptors (Lipinski definition) is 18. The molecule has 45 heavy (non-hydrogen) atoms. The number of aliphatic hydroxyl groups is 8. The van der Waals surface area contributed by atoms with Gasteiger partial charge in [-0.3, -0.25) is 10.1 Å². The number of nitro benzene ring substituents is 1. The van der Waals surface area contributed by atoms with Crippen LogP contribution in [0.3, 0.4) is 0 Å². The van der Waals surface area contributed by atoms with Crippen molar-refractivity contribution in [3.05, 3.63) is 34.4 Å². The molecule has 21 nitrogen and oxygen atoms in total. The van der Waals surface area contributed by atoms with Crippen LogP contribution >= 0.6 is 0 Å². The molecule has 10 N–H and O–H groups in total. The lowest BCUT2D eigenvalue weighted by molar-refractivity contribution is -0.385. The predicted octanol–water partition coefficient (Wildman–Crippen LogP) is -5.39. The van der Waals surface area contributed by atoms with Crippen LogP contribution in [0.2, 0.25) is 0 Å². The summed E-state index contributed by atoms with van der Waals surface area (Å²) < 4.78 is 32.7. The van der Waals surface area contributed by atoms with Crippen LogP contribution in [0.25, 0.3) is 0 Å². The number of carbonyl (C=O) groups is 2. The van der Waals surface area contributed by atoms with Crippen molar-refractivity contribution < 1.29 is 94.0 Å². The van der Waals surface area contributed by atoms with Crippen LogP contribution in [-0.2, 0) is 33.3 Å². The summed E-state index contributed by atoms with van der Waals surface area (Å²) >= 11 is 0. The maximum absolute atomic E-state index is 12.0. The highest BCUT2D eigenvalue weighted by molar-refractivity contribution is 5.74. The fourth-order valence-electron chi connectivity index (χ4n) is 4.86. The van der Waals surface area contributed by atoms with Gasteiger partial charge >= 0.3 is 11.9 Å². The zero-order chi connectivity index (χ0) is 33.3. The van der Waals surface area contributed by atoms with E-state index < -0.39 is 116 Å². The second kappa shape index (κ2) is 14.1. The zero-order valence-corrected chi connectivity index (χ0v) is 22.7. The largest absolute Gasteiger partial charge is 0.479 e. The van der Waals surface area contributed by atoms with Gasteiger partial charge in [-0.05, 0) is 12.1 Å². The molecule has 0 saturated carbocycles. The summed E-state index contributed by atoms with van der Waals surface area (Å²) in [6.07, 6.45) is -30.9. The van der Waals surface area contributed by atoms with E-state index in [-0.39, 0.29) is 11.4 Å². The lowest BCUT2D eigenvalue weighted by Crippen LogP contribution is -2.68. The Balaban J connectivity index is 1.73. The van der Waals surface area contributed by atoms with E-state index in [1.807, 2.05) is 0 Å². The maximum Gasteiger partial charge on any atom is 0.335 e. The van der Waals surface area contributed by atoms with E-state index in [1.54, 1.807) is 0 Å². The van der Waals surface area contributed by atoms with E-state index >= 15 is 0 Å². The molecule has 21 heteroatoms. The van der Waals surface area contributed by atoms with Gasteiger partial charge in [0.05, 0.1) is 11.5 Å². The third kappa shape index (κ3) is 7.15. The van der Waals surface area contributed by atoms with E-state index in [0.717, 1.165) is 24.3 Å². The van der Waals surface area contributed by atoms with E-state index in [0.29, 0.717) is 0 Å². The Morgan fingerprint density at radius 2 is 1.18 bits per heavy atom. The van der Waals surface area contributed by atoms with Crippen LogP contribution in [0.1, 0.15) is 0 Å². The first-order valence-electron chi connectivity index (χ1n) is 13.2. The van der Waals surface area contributed by atoms with Crippen molar-refractivity contribution in [3.8, 4) is 5.75 Å². The molecule has 0 aromatic heterocycles. The van der Waals surface area contributed by atoms with Crippen LogP contribution in [0.4, 0.5) is 5.69 Å². The van der Waals surface area contributed by atoms with Gasteiger partial charge in [-0.2, -0.15) is 0 Å². The average molecular weight is 653 g/mol. The molecule has 3 heterocycles. The second-order valence-corrected chi connectivity index (χ2v) is 10.3. The molecule has 252 valence electrons. The summed E-state index contributed by atoms with van der Waals surface area (Å²) in [5.41, 5.74) is -0.367. The van der Waals surface area contributed by atoms with Crippen molar-refractivity contribution in [2.45, 2.75) is 92.1 Å². The monoisotopic (exact) mass is 653 g/mol. The average Bonchev–Trinajstić information content (AvgIpc) is 2.99. The van der Waals surface area contributed by atoms with Crippen LogP contribution in [-0.4, -0.2) is 167 Å². The van der Waals surface area contributed by atoms with Gasteiger partial charge in [0.1, 0.15) is 60.7 Å². The van der Waals surface area contributed by atoms with Crippen LogP contribution < -0.4 is 4.74 Å². The van der Waals surface area contributed by atoms with Gasteiger partial charge in [-0.15, -0.1) is 0 Å². The van der Waals surface area contributed by atoms with E-state index in [4.69, 9.17) is 28.4 Å². The van der Waals surface area contributed by atoms with Crippen LogP contribution in [0.15, 0.2) is 24.3 Å². The molecule has 1 aromatic rings. The topological polar surface area (TPSA) is 335 Å². The molecule has 0 radical (unpaired) electrons. The molecule has 15 atom stereocenters. The number of carboxylic acids is 2. The molecular formula is C24H31NO20. The van der Waals surface area contributed by atoms with Gasteiger partial charge in [0.2, 0.25) is 6.29 Å².